The number of nitrogens with one attached hydrogen (secondary N) is 1. The van der Waals surface area contributed by atoms with Crippen LogP contribution in [0, 0.1) is 0 Å². The molecule has 30 heavy (non-hydrogen) atoms. The minimum atomic E-state index is -3.73. The number of anilines is 1. The van der Waals surface area contributed by atoms with Crippen LogP contribution >= 0.6 is 0 Å². The molecular weight excluding hydrogens is 404 g/mol. The molecule has 162 valence electrons. The number of piperazine rings is 1. The van der Waals surface area contributed by atoms with E-state index in [1.54, 1.807) is 7.11 Å². The van der Waals surface area contributed by atoms with Crippen LogP contribution in [0.5, 0.6) is 5.75 Å². The molecule has 9 heteroatoms. The van der Waals surface area contributed by atoms with Crippen LogP contribution in [-0.4, -0.2) is 64.0 Å². The van der Waals surface area contributed by atoms with Crippen LogP contribution in [0.1, 0.15) is 12.0 Å². The molecule has 0 radical (unpaired) electrons. The molecule has 2 aromatic carbocycles. The number of methoxy groups -OCH3 is 1. The molecule has 0 atom stereocenters. The number of carbonyl (C=O) groups is 1. The van der Waals surface area contributed by atoms with Gasteiger partial charge in [0.05, 0.1) is 12.0 Å². The number of nitrogens with zero attached hydrogens (tertiary/aromatic N) is 2. The van der Waals surface area contributed by atoms with Gasteiger partial charge in [0.25, 0.3) is 0 Å². The Morgan fingerprint density at radius 2 is 1.60 bits per heavy atom. The summed E-state index contributed by atoms with van der Waals surface area (Å²) in [6.07, 6.45) is 0.384. The Morgan fingerprint density at radius 1 is 1.00 bits per heavy atom. The van der Waals surface area contributed by atoms with E-state index >= 15 is 0 Å². The maximum Gasteiger partial charge on any atom is 0.238 e. The monoisotopic (exact) mass is 432 g/mol. The maximum absolute atomic E-state index is 12.2. The lowest BCUT2D eigenvalue weighted by atomic mass is 10.2. The summed E-state index contributed by atoms with van der Waals surface area (Å²) in [7, 11) is -2.06. The first kappa shape index (κ1) is 22.2. The van der Waals surface area contributed by atoms with Crippen molar-refractivity contribution in [2.24, 2.45) is 5.14 Å². The highest BCUT2D eigenvalue weighted by atomic mass is 32.2. The van der Waals surface area contributed by atoms with E-state index in [0.29, 0.717) is 18.7 Å². The normalized spacial score (nSPS) is 15.7. The lowest BCUT2D eigenvalue weighted by Gasteiger charge is -2.34. The molecule has 1 saturated heterocycles. The lowest BCUT2D eigenvalue weighted by molar-refractivity contribution is -0.116. The quantitative estimate of drug-likeness (QED) is 0.655. The first-order valence-electron chi connectivity index (χ1n) is 9.84. The van der Waals surface area contributed by atoms with Crippen LogP contribution in [-0.2, 0) is 21.4 Å². The van der Waals surface area contributed by atoms with Gasteiger partial charge in [0.2, 0.25) is 15.9 Å². The predicted molar refractivity (Wildman–Crippen MR) is 116 cm³/mol. The second kappa shape index (κ2) is 10.0. The molecule has 1 fully saturated rings. The van der Waals surface area contributed by atoms with Crippen molar-refractivity contribution < 1.29 is 17.9 Å². The van der Waals surface area contributed by atoms with Crippen LogP contribution in [0.2, 0.25) is 0 Å². The molecule has 0 aromatic heterocycles. The van der Waals surface area contributed by atoms with E-state index in [0.717, 1.165) is 38.5 Å². The smallest absolute Gasteiger partial charge is 0.238 e. The molecule has 3 rings (SSSR count). The Hall–Kier alpha value is -2.46. The van der Waals surface area contributed by atoms with Gasteiger partial charge in [-0.25, -0.2) is 13.6 Å². The topological polar surface area (TPSA) is 105 Å². The molecule has 0 saturated carbocycles. The van der Waals surface area contributed by atoms with Gasteiger partial charge in [0, 0.05) is 51.4 Å². The molecule has 2 aromatic rings. The fourth-order valence-electron chi connectivity index (χ4n) is 3.37. The Balaban J connectivity index is 1.38. The van der Waals surface area contributed by atoms with Crippen molar-refractivity contribution in [2.75, 3.05) is 45.2 Å². The summed E-state index contributed by atoms with van der Waals surface area (Å²) in [6, 6.07) is 14.0. The molecule has 1 heterocycles. The van der Waals surface area contributed by atoms with Crippen LogP contribution in [0.25, 0.3) is 0 Å². The summed E-state index contributed by atoms with van der Waals surface area (Å²) in [4.78, 5) is 16.9. The van der Waals surface area contributed by atoms with Crippen molar-refractivity contribution in [1.82, 2.24) is 9.80 Å². The molecule has 8 nitrogen and oxygen atoms in total. The molecule has 0 spiro atoms. The summed E-state index contributed by atoms with van der Waals surface area (Å²) in [5.41, 5.74) is 1.81. The minimum absolute atomic E-state index is 0.0213. The Kier molecular flexibility index (Phi) is 7.43. The predicted octanol–water partition coefficient (Wildman–Crippen LogP) is 1.49. The molecule has 1 aliphatic heterocycles. The Labute approximate surface area is 177 Å². The number of nitrogens with two attached hydrogens (primary N) is 1. The standard InChI is InChI=1S/C21H28N4O4S/c1-29-19-6-2-17(3-7-19)16-25-14-12-24(13-15-25)11-10-21(26)23-18-4-8-20(9-5-18)30(22,27)28/h2-9H,10-16H2,1H3,(H,23,26)(H2,22,27,28). The highest BCUT2D eigenvalue weighted by Gasteiger charge is 2.18. The van der Waals surface area contributed by atoms with Gasteiger partial charge < -0.3 is 15.0 Å². The lowest BCUT2D eigenvalue weighted by Crippen LogP contribution is -2.46. The molecule has 0 unspecified atom stereocenters. The van der Waals surface area contributed by atoms with Gasteiger partial charge in [0.1, 0.15) is 5.75 Å². The zero-order valence-electron chi connectivity index (χ0n) is 17.1. The largest absolute Gasteiger partial charge is 0.497 e. The number of hydrogen-bond acceptors (Lipinski definition) is 6. The van der Waals surface area contributed by atoms with Crippen LogP contribution in [0.3, 0.4) is 0 Å². The van der Waals surface area contributed by atoms with Crippen molar-refractivity contribution in [3.63, 3.8) is 0 Å². The van der Waals surface area contributed by atoms with Crippen molar-refractivity contribution in [1.29, 1.82) is 0 Å². The number of ether oxygens (including phenoxy) is 1. The Bertz CT molecular complexity index is 938. The van der Waals surface area contributed by atoms with E-state index in [1.165, 1.54) is 29.8 Å². The number of primary sulfonamides is 1. The second-order valence-electron chi connectivity index (χ2n) is 7.33. The third-order valence-electron chi connectivity index (χ3n) is 5.15. The molecule has 1 amide bonds. The fraction of sp³-hybridized carbons (Fsp3) is 0.381. The van der Waals surface area contributed by atoms with Crippen LogP contribution in [0.4, 0.5) is 5.69 Å². The summed E-state index contributed by atoms with van der Waals surface area (Å²) >= 11 is 0. The van der Waals surface area contributed by atoms with Gasteiger partial charge in [0.15, 0.2) is 0 Å². The van der Waals surface area contributed by atoms with E-state index in [4.69, 9.17) is 9.88 Å². The molecule has 0 bridgehead atoms. The number of rotatable bonds is 8. The number of hydrogen-bond donors (Lipinski definition) is 2. The number of benzene rings is 2. The fourth-order valence-corrected chi connectivity index (χ4v) is 3.89. The van der Waals surface area contributed by atoms with E-state index in [9.17, 15) is 13.2 Å². The van der Waals surface area contributed by atoms with Crippen molar-refractivity contribution in [3.8, 4) is 5.75 Å². The van der Waals surface area contributed by atoms with Crippen LogP contribution in [0.15, 0.2) is 53.4 Å². The second-order valence-corrected chi connectivity index (χ2v) is 8.89. The summed E-state index contributed by atoms with van der Waals surface area (Å²) in [5, 5.41) is 7.86. The van der Waals surface area contributed by atoms with Gasteiger partial charge in [-0.3, -0.25) is 9.69 Å². The molecule has 0 aliphatic carbocycles. The number of sulfonamides is 1. The Morgan fingerprint density at radius 3 is 2.17 bits per heavy atom. The van der Waals surface area contributed by atoms with Gasteiger partial charge in [-0.1, -0.05) is 12.1 Å². The van der Waals surface area contributed by atoms with E-state index in [-0.39, 0.29) is 10.8 Å². The third kappa shape index (κ3) is 6.53. The zero-order chi connectivity index (χ0) is 21.6. The summed E-state index contributed by atoms with van der Waals surface area (Å²) in [5.74, 6) is 0.765. The highest BCUT2D eigenvalue weighted by Crippen LogP contribution is 2.15. The van der Waals surface area contributed by atoms with Gasteiger partial charge >= 0.3 is 0 Å². The van der Waals surface area contributed by atoms with Crippen LogP contribution < -0.4 is 15.2 Å². The minimum Gasteiger partial charge on any atom is -0.497 e. The van der Waals surface area contributed by atoms with Gasteiger partial charge in [-0.05, 0) is 42.0 Å². The van der Waals surface area contributed by atoms with E-state index < -0.39 is 10.0 Å². The molecule has 3 N–H and O–H groups in total. The van der Waals surface area contributed by atoms with Crippen molar-refractivity contribution in [2.45, 2.75) is 17.9 Å². The number of carbonyl (C=O) groups excluding carboxylic acids is 1. The average molecular weight is 433 g/mol. The van der Waals surface area contributed by atoms with E-state index in [1.807, 2.05) is 12.1 Å². The van der Waals surface area contributed by atoms with Gasteiger partial charge in [-0.15, -0.1) is 0 Å². The first-order chi connectivity index (χ1) is 14.3. The third-order valence-corrected chi connectivity index (χ3v) is 6.08. The SMILES string of the molecule is COc1ccc(CN2CCN(CCC(=O)Nc3ccc(S(N)(=O)=O)cc3)CC2)cc1. The van der Waals surface area contributed by atoms with E-state index in [2.05, 4.69) is 27.2 Å². The highest BCUT2D eigenvalue weighted by molar-refractivity contribution is 7.89. The molecular formula is C21H28N4O4S. The first-order valence-corrected chi connectivity index (χ1v) is 11.4. The number of amides is 1. The van der Waals surface area contributed by atoms with Gasteiger partial charge in [-0.2, -0.15) is 0 Å². The zero-order valence-corrected chi connectivity index (χ0v) is 17.9. The van der Waals surface area contributed by atoms with Crippen molar-refractivity contribution in [3.05, 3.63) is 54.1 Å². The maximum atomic E-state index is 12.2. The summed E-state index contributed by atoms with van der Waals surface area (Å²) < 4.78 is 27.7. The summed E-state index contributed by atoms with van der Waals surface area (Å²) in [6.45, 7) is 5.37. The molecule has 1 aliphatic rings. The van der Waals surface area contributed by atoms with Crippen molar-refractivity contribution >= 4 is 21.6 Å². The average Bonchev–Trinajstić information content (AvgIpc) is 2.73.